The SMILES string of the molecule is CCn1c(NC(=O)[C@@H]2CSCCS2)nc2ccccc21. The summed E-state index contributed by atoms with van der Waals surface area (Å²) < 4.78 is 2.05. The van der Waals surface area contributed by atoms with Crippen LogP contribution in [0.3, 0.4) is 0 Å². The Bertz CT molecular complexity index is 620. The number of anilines is 1. The molecule has 1 aromatic heterocycles. The maximum Gasteiger partial charge on any atom is 0.240 e. The van der Waals surface area contributed by atoms with Crippen molar-refractivity contribution in [2.45, 2.75) is 18.7 Å². The summed E-state index contributed by atoms with van der Waals surface area (Å²) in [5.41, 5.74) is 1.99. The first-order chi connectivity index (χ1) is 9.79. The fourth-order valence-electron chi connectivity index (χ4n) is 2.32. The standard InChI is InChI=1S/C14H17N3OS2/c1-2-17-11-6-4-3-5-10(11)15-14(17)16-13(18)12-9-19-7-8-20-12/h3-6,12H,2,7-9H2,1H3,(H,15,16,18)/t12-/m0/s1. The van der Waals surface area contributed by atoms with Crippen LogP contribution in [0.25, 0.3) is 11.0 Å². The van der Waals surface area contributed by atoms with E-state index in [4.69, 9.17) is 0 Å². The second-order valence-corrected chi connectivity index (χ2v) is 7.05. The van der Waals surface area contributed by atoms with Crippen LogP contribution >= 0.6 is 23.5 Å². The molecule has 0 spiro atoms. The highest BCUT2D eigenvalue weighted by Gasteiger charge is 2.23. The van der Waals surface area contributed by atoms with Gasteiger partial charge in [0.05, 0.1) is 16.3 Å². The average Bonchev–Trinajstić information content (AvgIpc) is 2.85. The molecule has 6 heteroatoms. The van der Waals surface area contributed by atoms with Crippen LogP contribution in [0.2, 0.25) is 0 Å². The smallest absolute Gasteiger partial charge is 0.240 e. The Hall–Kier alpha value is -1.14. The minimum atomic E-state index is 0.0406. The lowest BCUT2D eigenvalue weighted by atomic mass is 10.3. The van der Waals surface area contributed by atoms with Gasteiger partial charge in [0.1, 0.15) is 0 Å². The zero-order valence-electron chi connectivity index (χ0n) is 11.3. The molecule has 0 radical (unpaired) electrons. The molecule has 2 aromatic rings. The summed E-state index contributed by atoms with van der Waals surface area (Å²) >= 11 is 3.59. The molecule has 0 saturated carbocycles. The van der Waals surface area contributed by atoms with Crippen LogP contribution in [0, 0.1) is 0 Å². The fourth-order valence-corrected chi connectivity index (χ4v) is 4.88. The average molecular weight is 307 g/mol. The normalized spacial score (nSPS) is 19.1. The minimum absolute atomic E-state index is 0.0406. The van der Waals surface area contributed by atoms with Crippen molar-refractivity contribution in [3.8, 4) is 0 Å². The highest BCUT2D eigenvalue weighted by Crippen LogP contribution is 2.26. The van der Waals surface area contributed by atoms with Crippen LogP contribution in [0.5, 0.6) is 0 Å². The van der Waals surface area contributed by atoms with E-state index in [1.165, 1.54) is 0 Å². The maximum absolute atomic E-state index is 12.3. The van der Waals surface area contributed by atoms with E-state index in [2.05, 4.69) is 17.2 Å². The number of carbonyl (C=O) groups excluding carboxylic acids is 1. The van der Waals surface area contributed by atoms with Crippen LogP contribution in [0.15, 0.2) is 24.3 Å². The molecular formula is C14H17N3OS2. The van der Waals surface area contributed by atoms with E-state index in [0.29, 0.717) is 5.95 Å². The number of hydrogen-bond acceptors (Lipinski definition) is 4. The number of aryl methyl sites for hydroxylation is 1. The number of para-hydroxylation sites is 2. The van der Waals surface area contributed by atoms with Gasteiger partial charge in [0, 0.05) is 23.8 Å². The topological polar surface area (TPSA) is 46.9 Å². The monoisotopic (exact) mass is 307 g/mol. The molecule has 4 nitrogen and oxygen atoms in total. The predicted octanol–water partition coefficient (Wildman–Crippen LogP) is 2.84. The van der Waals surface area contributed by atoms with Crippen molar-refractivity contribution in [1.82, 2.24) is 9.55 Å². The van der Waals surface area contributed by atoms with Crippen molar-refractivity contribution >= 4 is 46.4 Å². The lowest BCUT2D eigenvalue weighted by molar-refractivity contribution is -0.115. The highest BCUT2D eigenvalue weighted by molar-refractivity contribution is 8.07. The van der Waals surface area contributed by atoms with E-state index >= 15 is 0 Å². The maximum atomic E-state index is 12.3. The number of nitrogens with one attached hydrogen (secondary N) is 1. The summed E-state index contributed by atoms with van der Waals surface area (Å²) in [5.74, 6) is 3.82. The molecule has 106 valence electrons. The Morgan fingerprint density at radius 2 is 2.30 bits per heavy atom. The minimum Gasteiger partial charge on any atom is -0.310 e. The Balaban J connectivity index is 1.84. The molecule has 1 fully saturated rings. The third-order valence-electron chi connectivity index (χ3n) is 3.31. The number of thioether (sulfide) groups is 2. The number of amides is 1. The van der Waals surface area contributed by atoms with E-state index in [-0.39, 0.29) is 11.2 Å². The van der Waals surface area contributed by atoms with Crippen molar-refractivity contribution in [3.63, 3.8) is 0 Å². The molecule has 0 bridgehead atoms. The Labute approximate surface area is 126 Å². The second-order valence-electron chi connectivity index (χ2n) is 4.59. The van der Waals surface area contributed by atoms with Crippen molar-refractivity contribution in [2.75, 3.05) is 22.6 Å². The first-order valence-electron chi connectivity index (χ1n) is 6.75. The molecular weight excluding hydrogens is 290 g/mol. The van der Waals surface area contributed by atoms with Crippen LogP contribution in [-0.2, 0) is 11.3 Å². The van der Waals surface area contributed by atoms with Crippen molar-refractivity contribution in [3.05, 3.63) is 24.3 Å². The van der Waals surface area contributed by atoms with Gasteiger partial charge < -0.3 is 4.57 Å². The molecule has 1 N–H and O–H groups in total. The molecule has 0 unspecified atom stereocenters. The zero-order chi connectivity index (χ0) is 13.9. The summed E-state index contributed by atoms with van der Waals surface area (Å²) in [6.07, 6.45) is 0. The fraction of sp³-hybridized carbons (Fsp3) is 0.429. The first-order valence-corrected chi connectivity index (χ1v) is 8.95. The van der Waals surface area contributed by atoms with Crippen molar-refractivity contribution < 1.29 is 4.79 Å². The van der Waals surface area contributed by atoms with E-state index in [1.807, 2.05) is 40.6 Å². The van der Waals surface area contributed by atoms with E-state index in [9.17, 15) is 4.79 Å². The number of carbonyl (C=O) groups is 1. The first kappa shape index (κ1) is 13.8. The van der Waals surface area contributed by atoms with Gasteiger partial charge in [-0.3, -0.25) is 10.1 Å². The van der Waals surface area contributed by atoms with E-state index < -0.39 is 0 Å². The molecule has 2 heterocycles. The molecule has 3 rings (SSSR count). The van der Waals surface area contributed by atoms with Gasteiger partial charge in [-0.15, -0.1) is 11.8 Å². The molecule has 1 amide bonds. The number of fused-ring (bicyclic) bond motifs is 1. The summed E-state index contributed by atoms with van der Waals surface area (Å²) in [6, 6.07) is 7.97. The molecule has 0 aliphatic carbocycles. The highest BCUT2D eigenvalue weighted by atomic mass is 32.2. The number of hydrogen-bond donors (Lipinski definition) is 1. The summed E-state index contributed by atoms with van der Waals surface area (Å²) in [6.45, 7) is 2.86. The number of benzene rings is 1. The number of aromatic nitrogens is 2. The van der Waals surface area contributed by atoms with Gasteiger partial charge in [-0.25, -0.2) is 4.98 Å². The van der Waals surface area contributed by atoms with Crippen LogP contribution in [0.4, 0.5) is 5.95 Å². The Kier molecular flexibility index (Phi) is 4.21. The van der Waals surface area contributed by atoms with Crippen molar-refractivity contribution in [2.24, 2.45) is 0 Å². The van der Waals surface area contributed by atoms with Crippen LogP contribution in [-0.4, -0.2) is 38.0 Å². The Morgan fingerprint density at radius 1 is 1.45 bits per heavy atom. The van der Waals surface area contributed by atoms with Crippen LogP contribution in [0.1, 0.15) is 6.92 Å². The van der Waals surface area contributed by atoms with Gasteiger partial charge in [-0.2, -0.15) is 11.8 Å². The molecule has 1 atom stereocenters. The Morgan fingerprint density at radius 3 is 3.05 bits per heavy atom. The molecule has 1 aromatic carbocycles. The number of nitrogens with zero attached hydrogens (tertiary/aromatic N) is 2. The summed E-state index contributed by atoms with van der Waals surface area (Å²) in [5, 5.41) is 3.04. The van der Waals surface area contributed by atoms with E-state index in [0.717, 1.165) is 34.8 Å². The number of rotatable bonds is 3. The van der Waals surface area contributed by atoms with E-state index in [1.54, 1.807) is 11.8 Å². The molecule has 1 aliphatic rings. The summed E-state index contributed by atoms with van der Waals surface area (Å²) in [7, 11) is 0. The molecule has 1 saturated heterocycles. The molecule has 20 heavy (non-hydrogen) atoms. The quantitative estimate of drug-likeness (QED) is 0.947. The third-order valence-corrected chi connectivity index (χ3v) is 6.07. The van der Waals surface area contributed by atoms with Crippen LogP contribution < -0.4 is 5.32 Å². The molecule has 1 aliphatic heterocycles. The predicted molar refractivity (Wildman–Crippen MR) is 87.6 cm³/mol. The lowest BCUT2D eigenvalue weighted by Crippen LogP contribution is -2.31. The zero-order valence-corrected chi connectivity index (χ0v) is 13.0. The van der Waals surface area contributed by atoms with Gasteiger partial charge in [0.15, 0.2) is 0 Å². The van der Waals surface area contributed by atoms with Gasteiger partial charge in [0.2, 0.25) is 11.9 Å². The largest absolute Gasteiger partial charge is 0.310 e. The second kappa shape index (κ2) is 6.10. The summed E-state index contributed by atoms with van der Waals surface area (Å²) in [4.78, 5) is 16.8. The number of imidazole rings is 1. The van der Waals surface area contributed by atoms with Gasteiger partial charge in [0.25, 0.3) is 0 Å². The van der Waals surface area contributed by atoms with Gasteiger partial charge in [-0.05, 0) is 19.1 Å². The lowest BCUT2D eigenvalue weighted by Gasteiger charge is -2.20. The van der Waals surface area contributed by atoms with Crippen molar-refractivity contribution in [1.29, 1.82) is 0 Å². The van der Waals surface area contributed by atoms with Gasteiger partial charge in [-0.1, -0.05) is 12.1 Å². The van der Waals surface area contributed by atoms with Gasteiger partial charge >= 0.3 is 0 Å². The third kappa shape index (κ3) is 2.67.